The van der Waals surface area contributed by atoms with E-state index in [0.717, 1.165) is 89.0 Å². The minimum Gasteiger partial charge on any atom is -0.481 e. The minimum atomic E-state index is -1.70. The Kier molecular flexibility index (Phi) is 35.3. The number of aliphatic carboxylic acids is 1. The van der Waals surface area contributed by atoms with Gasteiger partial charge in [-0.25, -0.2) is 0 Å². The van der Waals surface area contributed by atoms with E-state index in [-0.39, 0.29) is 37.3 Å². The van der Waals surface area contributed by atoms with Gasteiger partial charge in [-0.15, -0.1) is 0 Å². The van der Waals surface area contributed by atoms with Gasteiger partial charge in [-0.2, -0.15) is 0 Å². The van der Waals surface area contributed by atoms with E-state index < -0.39 is 68.0 Å². The maximum atomic E-state index is 11.8. The molecule has 354 valence electrons. The van der Waals surface area contributed by atoms with Gasteiger partial charge in [-0.1, -0.05) is 107 Å². The first-order valence-electron chi connectivity index (χ1n) is 21.7. The van der Waals surface area contributed by atoms with Crippen LogP contribution in [0.5, 0.6) is 0 Å². The van der Waals surface area contributed by atoms with Crippen LogP contribution in [0.2, 0.25) is 0 Å². The molecule has 0 heterocycles. The van der Waals surface area contributed by atoms with Crippen LogP contribution in [0.1, 0.15) is 134 Å². The molecule has 1 aromatic rings. The normalized spacial score (nSPS) is 15.2. The number of rotatable bonds is 36. The van der Waals surface area contributed by atoms with Crippen molar-refractivity contribution in [3.8, 4) is 0 Å². The average Bonchev–Trinajstić information content (AvgIpc) is 3.26. The number of carboxylic acid groups (broad SMARTS) is 1. The smallest absolute Gasteiger partial charge is 0.306 e. The zero-order valence-electron chi connectivity index (χ0n) is 35.6. The standard InChI is InChI=1S/C25H41NO8.C18H35NO8/c27-17-21(29)25(33)24(32)20(28)16-26-22(30)14-10-5-3-1-2-4-6-11-15-23(31)34-18-19-12-8-7-9-13-19;20-12-14(22)18(27)17(26)13(21)11-19-15(23)9-7-5-3-1-2-4-6-8-10-16(24)25/h7-9,12-13,20-21,24-25,27-29,32-33H,1-6,10-11,14-18H2,(H,26,30);13-14,17-18,20-22,26-27H,1-12H2,(H,19,23)(H,24,25)/t20-,21+,24+,25+;13-,14+,17+,18+/m00/s1. The molecule has 0 saturated carbocycles. The van der Waals surface area contributed by atoms with Crippen molar-refractivity contribution in [3.63, 3.8) is 0 Å². The lowest BCUT2D eigenvalue weighted by atomic mass is 10.0. The zero-order chi connectivity index (χ0) is 45.8. The molecule has 0 radical (unpaired) electrons. The third-order valence-corrected chi connectivity index (χ3v) is 9.99. The Morgan fingerprint density at radius 2 is 0.787 bits per heavy atom. The lowest BCUT2D eigenvalue weighted by Crippen LogP contribution is -2.49. The average molecular weight is 877 g/mol. The summed E-state index contributed by atoms with van der Waals surface area (Å²) in [6.45, 7) is -1.69. The second-order valence-corrected chi connectivity index (χ2v) is 15.4. The molecule has 0 aliphatic rings. The lowest BCUT2D eigenvalue weighted by Gasteiger charge is -2.25. The first kappa shape index (κ1) is 57.7. The molecule has 0 aliphatic heterocycles. The number of aliphatic hydroxyl groups excluding tert-OH is 10. The molecule has 0 bridgehead atoms. The summed E-state index contributed by atoms with van der Waals surface area (Å²) >= 11 is 0. The number of carbonyl (C=O) groups excluding carboxylic acids is 3. The highest BCUT2D eigenvalue weighted by Crippen LogP contribution is 2.13. The predicted molar refractivity (Wildman–Crippen MR) is 224 cm³/mol. The molecule has 13 N–H and O–H groups in total. The number of hydrogen-bond acceptors (Lipinski definition) is 15. The van der Waals surface area contributed by atoms with Crippen LogP contribution in [-0.4, -0.2) is 155 Å². The Balaban J connectivity index is 0.00000121. The molecule has 8 atom stereocenters. The summed E-state index contributed by atoms with van der Waals surface area (Å²) in [6.07, 6.45) is 3.46. The van der Waals surface area contributed by atoms with E-state index in [2.05, 4.69) is 10.6 Å². The van der Waals surface area contributed by atoms with Crippen LogP contribution in [0.4, 0.5) is 0 Å². The van der Waals surface area contributed by atoms with Crippen molar-refractivity contribution in [1.82, 2.24) is 10.6 Å². The highest BCUT2D eigenvalue weighted by atomic mass is 16.5. The molecule has 1 rings (SSSR count). The summed E-state index contributed by atoms with van der Waals surface area (Å²) in [5.74, 6) is -1.45. The van der Waals surface area contributed by atoms with Crippen LogP contribution >= 0.6 is 0 Å². The van der Waals surface area contributed by atoms with E-state index in [1.807, 2.05) is 30.3 Å². The molecule has 2 amide bonds. The molecule has 0 unspecified atom stereocenters. The van der Waals surface area contributed by atoms with E-state index in [9.17, 15) is 60.0 Å². The van der Waals surface area contributed by atoms with E-state index >= 15 is 0 Å². The number of aliphatic hydroxyl groups is 10. The molecule has 1 aromatic carbocycles. The number of ether oxygens (including phenoxy) is 1. The summed E-state index contributed by atoms with van der Waals surface area (Å²) in [5.41, 5.74) is 0.986. The molecule has 0 fully saturated rings. The number of nitrogens with one attached hydrogen (secondary N) is 2. The SMILES string of the molecule is O=C(CCCCCCCCCCC(=O)OCc1ccccc1)NC[C@H](O)[C@@H](O)[C@H](O)[C@H](O)CO.O=C(O)CCCCCCCCCCC(=O)NC[C@H](O)[C@@H](O)[C@H](O)[C@H](O)CO. The largest absolute Gasteiger partial charge is 0.481 e. The van der Waals surface area contributed by atoms with Crippen LogP contribution in [0.3, 0.4) is 0 Å². The molecule has 18 heteroatoms. The van der Waals surface area contributed by atoms with Crippen LogP contribution in [0, 0.1) is 0 Å². The first-order valence-corrected chi connectivity index (χ1v) is 21.7. The third-order valence-electron chi connectivity index (χ3n) is 9.99. The van der Waals surface area contributed by atoms with Crippen molar-refractivity contribution < 1.29 is 80.1 Å². The fourth-order valence-corrected chi connectivity index (χ4v) is 6.03. The van der Waals surface area contributed by atoms with Crippen LogP contribution in [-0.2, 0) is 30.5 Å². The third kappa shape index (κ3) is 31.2. The number of unbranched alkanes of at least 4 members (excludes halogenated alkanes) is 14. The number of amides is 2. The maximum Gasteiger partial charge on any atom is 0.306 e. The molecule has 0 saturated heterocycles. The molecule has 0 aliphatic carbocycles. The second-order valence-electron chi connectivity index (χ2n) is 15.4. The monoisotopic (exact) mass is 877 g/mol. The molecule has 61 heavy (non-hydrogen) atoms. The summed E-state index contributed by atoms with van der Waals surface area (Å²) in [4.78, 5) is 45.6. The minimum absolute atomic E-state index is 0.164. The van der Waals surface area contributed by atoms with Gasteiger partial charge in [0.15, 0.2) is 0 Å². The van der Waals surface area contributed by atoms with Crippen molar-refractivity contribution in [2.24, 2.45) is 0 Å². The van der Waals surface area contributed by atoms with Gasteiger partial charge in [0, 0.05) is 38.8 Å². The quantitative estimate of drug-likeness (QED) is 0.0326. The van der Waals surface area contributed by atoms with Gasteiger partial charge in [-0.05, 0) is 31.2 Å². The Morgan fingerprint density at radius 3 is 1.15 bits per heavy atom. The van der Waals surface area contributed by atoms with Gasteiger partial charge in [0.1, 0.15) is 43.2 Å². The number of hydrogen-bond donors (Lipinski definition) is 13. The second kappa shape index (κ2) is 37.3. The van der Waals surface area contributed by atoms with Crippen molar-refractivity contribution >= 4 is 23.8 Å². The van der Waals surface area contributed by atoms with Gasteiger partial charge in [0.25, 0.3) is 0 Å². The molecular weight excluding hydrogens is 800 g/mol. The number of esters is 1. The summed E-state index contributed by atoms with van der Waals surface area (Å²) in [6, 6.07) is 9.61. The molecule has 0 aromatic heterocycles. The summed E-state index contributed by atoms with van der Waals surface area (Å²) in [7, 11) is 0. The fraction of sp³-hybridized carbons (Fsp3) is 0.767. The molecular formula is C43H76N2O16. The topological polar surface area (TPSA) is 324 Å². The first-order chi connectivity index (χ1) is 29.1. The number of carboxylic acids is 1. The Morgan fingerprint density at radius 1 is 0.459 bits per heavy atom. The number of benzene rings is 1. The maximum absolute atomic E-state index is 11.8. The van der Waals surface area contributed by atoms with Crippen LogP contribution in [0.25, 0.3) is 0 Å². The van der Waals surface area contributed by atoms with E-state index in [4.69, 9.17) is 20.1 Å². The lowest BCUT2D eigenvalue weighted by molar-refractivity contribution is -0.145. The van der Waals surface area contributed by atoms with Gasteiger partial charge in [-0.3, -0.25) is 19.2 Å². The highest BCUT2D eigenvalue weighted by molar-refractivity contribution is 5.76. The van der Waals surface area contributed by atoms with Gasteiger partial charge >= 0.3 is 11.9 Å². The van der Waals surface area contributed by atoms with Crippen molar-refractivity contribution in [2.45, 2.75) is 184 Å². The van der Waals surface area contributed by atoms with Gasteiger partial charge in [0.2, 0.25) is 11.8 Å². The van der Waals surface area contributed by atoms with Crippen molar-refractivity contribution in [2.75, 3.05) is 26.3 Å². The van der Waals surface area contributed by atoms with E-state index in [0.29, 0.717) is 45.1 Å². The Bertz CT molecular complexity index is 1260. The Hall–Kier alpha value is -3.30. The Labute approximate surface area is 360 Å². The summed E-state index contributed by atoms with van der Waals surface area (Å²) < 4.78 is 5.26. The predicted octanol–water partition coefficient (Wildman–Crippen LogP) is 0.707. The van der Waals surface area contributed by atoms with Crippen LogP contribution in [0.15, 0.2) is 30.3 Å². The van der Waals surface area contributed by atoms with Crippen LogP contribution < -0.4 is 10.6 Å². The van der Waals surface area contributed by atoms with Crippen molar-refractivity contribution in [1.29, 1.82) is 0 Å². The van der Waals surface area contributed by atoms with E-state index in [1.54, 1.807) is 0 Å². The molecule has 18 nitrogen and oxygen atoms in total. The van der Waals surface area contributed by atoms with Gasteiger partial charge in [0.05, 0.1) is 25.4 Å². The van der Waals surface area contributed by atoms with Crippen molar-refractivity contribution in [3.05, 3.63) is 35.9 Å². The molecule has 0 spiro atoms. The fourth-order valence-electron chi connectivity index (χ4n) is 6.03. The van der Waals surface area contributed by atoms with E-state index in [1.165, 1.54) is 0 Å². The highest BCUT2D eigenvalue weighted by Gasteiger charge is 2.31. The number of carbonyl (C=O) groups is 4. The zero-order valence-corrected chi connectivity index (χ0v) is 35.6. The van der Waals surface area contributed by atoms with Gasteiger partial charge < -0.3 is 71.5 Å². The summed E-state index contributed by atoms with van der Waals surface area (Å²) in [5, 5.41) is 107.